The predicted octanol–water partition coefficient (Wildman–Crippen LogP) is 4.58. The van der Waals surface area contributed by atoms with E-state index in [0.717, 1.165) is 16.8 Å². The Balaban J connectivity index is 2.43. The van der Waals surface area contributed by atoms with E-state index in [1.807, 2.05) is 24.3 Å². The van der Waals surface area contributed by atoms with E-state index in [1.54, 1.807) is 32.9 Å². The molecular weight excluding hydrogens is 372 g/mol. The average Bonchev–Trinajstić information content (AvgIpc) is 2.62. The molecule has 0 aliphatic carbocycles. The molecule has 0 fully saturated rings. The van der Waals surface area contributed by atoms with Gasteiger partial charge in [0, 0.05) is 24.3 Å². The minimum Gasteiger partial charge on any atom is -0.322 e. The standard InChI is InChI=1S/C22H30N2O3S/c1-7-24(8-2)28(26,27)17-14-13-16(3)18(15-17)21(25)23-20-12-10-9-11-19(20)22(4,5)6/h9-15H,7-8H2,1-6H3,(H,23,25). The smallest absolute Gasteiger partial charge is 0.255 e. The first kappa shape index (κ1) is 22.1. The van der Waals surface area contributed by atoms with Crippen molar-refractivity contribution in [1.82, 2.24) is 4.31 Å². The lowest BCUT2D eigenvalue weighted by Gasteiger charge is -2.23. The van der Waals surface area contributed by atoms with Crippen molar-refractivity contribution in [2.45, 2.75) is 51.9 Å². The van der Waals surface area contributed by atoms with Crippen molar-refractivity contribution in [3.05, 3.63) is 59.2 Å². The number of rotatable bonds is 6. The number of carbonyl (C=O) groups excluding carboxylic acids is 1. The van der Waals surface area contributed by atoms with E-state index in [1.165, 1.54) is 10.4 Å². The van der Waals surface area contributed by atoms with Crippen molar-refractivity contribution < 1.29 is 13.2 Å². The largest absolute Gasteiger partial charge is 0.322 e. The van der Waals surface area contributed by atoms with Gasteiger partial charge >= 0.3 is 0 Å². The number of nitrogens with one attached hydrogen (secondary N) is 1. The van der Waals surface area contributed by atoms with E-state index < -0.39 is 10.0 Å². The van der Waals surface area contributed by atoms with Crippen LogP contribution >= 0.6 is 0 Å². The number of aryl methyl sites for hydroxylation is 1. The van der Waals surface area contributed by atoms with Gasteiger partial charge in [-0.3, -0.25) is 4.79 Å². The van der Waals surface area contributed by atoms with Gasteiger partial charge in [-0.05, 0) is 41.7 Å². The van der Waals surface area contributed by atoms with Crippen molar-refractivity contribution >= 4 is 21.6 Å². The lowest BCUT2D eigenvalue weighted by molar-refractivity contribution is 0.102. The summed E-state index contributed by atoms with van der Waals surface area (Å²) in [5.41, 5.74) is 2.71. The first-order valence-electron chi connectivity index (χ1n) is 9.54. The van der Waals surface area contributed by atoms with Crippen LogP contribution in [0.5, 0.6) is 0 Å². The fourth-order valence-electron chi connectivity index (χ4n) is 3.15. The Morgan fingerprint density at radius 3 is 2.21 bits per heavy atom. The highest BCUT2D eigenvalue weighted by atomic mass is 32.2. The highest BCUT2D eigenvalue weighted by Crippen LogP contribution is 2.30. The van der Waals surface area contributed by atoms with E-state index in [4.69, 9.17) is 0 Å². The van der Waals surface area contributed by atoms with Gasteiger partial charge in [-0.15, -0.1) is 0 Å². The molecule has 0 aromatic heterocycles. The molecule has 2 aromatic carbocycles. The van der Waals surface area contributed by atoms with E-state index in [2.05, 4.69) is 26.1 Å². The maximum atomic E-state index is 13.0. The molecule has 28 heavy (non-hydrogen) atoms. The topological polar surface area (TPSA) is 66.5 Å². The zero-order valence-electron chi connectivity index (χ0n) is 17.5. The van der Waals surface area contributed by atoms with Gasteiger partial charge in [0.15, 0.2) is 0 Å². The first-order valence-corrected chi connectivity index (χ1v) is 11.0. The maximum Gasteiger partial charge on any atom is 0.255 e. The molecule has 1 N–H and O–H groups in total. The molecule has 152 valence electrons. The lowest BCUT2D eigenvalue weighted by atomic mass is 9.86. The first-order chi connectivity index (χ1) is 13.0. The maximum absolute atomic E-state index is 13.0. The zero-order valence-corrected chi connectivity index (χ0v) is 18.4. The molecule has 0 aliphatic heterocycles. The highest BCUT2D eigenvalue weighted by molar-refractivity contribution is 7.89. The van der Waals surface area contributed by atoms with Crippen LogP contribution in [0.25, 0.3) is 0 Å². The van der Waals surface area contributed by atoms with Gasteiger partial charge in [-0.25, -0.2) is 8.42 Å². The van der Waals surface area contributed by atoms with Gasteiger partial charge in [0.2, 0.25) is 10.0 Å². The molecular formula is C22H30N2O3S. The van der Waals surface area contributed by atoms with E-state index in [9.17, 15) is 13.2 Å². The fourth-order valence-corrected chi connectivity index (χ4v) is 4.64. The van der Waals surface area contributed by atoms with Gasteiger partial charge in [0.1, 0.15) is 0 Å². The van der Waals surface area contributed by atoms with Crippen molar-refractivity contribution in [2.24, 2.45) is 0 Å². The van der Waals surface area contributed by atoms with Crippen LogP contribution < -0.4 is 5.32 Å². The predicted molar refractivity (Wildman–Crippen MR) is 114 cm³/mol. The molecule has 0 atom stereocenters. The fraction of sp³-hybridized carbons (Fsp3) is 0.409. The van der Waals surface area contributed by atoms with Crippen LogP contribution in [-0.4, -0.2) is 31.7 Å². The van der Waals surface area contributed by atoms with Gasteiger partial charge in [-0.1, -0.05) is 58.9 Å². The number of anilines is 1. The zero-order chi connectivity index (χ0) is 21.1. The Labute approximate surface area is 168 Å². The molecule has 0 spiro atoms. The lowest BCUT2D eigenvalue weighted by Crippen LogP contribution is -2.31. The Morgan fingerprint density at radius 2 is 1.64 bits per heavy atom. The van der Waals surface area contributed by atoms with Crippen molar-refractivity contribution in [3.63, 3.8) is 0 Å². The average molecular weight is 403 g/mol. The summed E-state index contributed by atoms with van der Waals surface area (Å²) in [6, 6.07) is 12.4. The van der Waals surface area contributed by atoms with Crippen molar-refractivity contribution in [2.75, 3.05) is 18.4 Å². The number of nitrogens with zero attached hydrogens (tertiary/aromatic N) is 1. The third kappa shape index (κ3) is 4.62. The molecule has 0 radical (unpaired) electrons. The number of benzene rings is 2. The number of hydrogen-bond donors (Lipinski definition) is 1. The number of carbonyl (C=O) groups is 1. The van der Waals surface area contributed by atoms with E-state index in [0.29, 0.717) is 18.7 Å². The number of para-hydroxylation sites is 1. The van der Waals surface area contributed by atoms with Crippen molar-refractivity contribution in [3.8, 4) is 0 Å². The normalized spacial score (nSPS) is 12.2. The van der Waals surface area contributed by atoms with Gasteiger partial charge in [0.25, 0.3) is 5.91 Å². The second kappa shape index (κ2) is 8.45. The molecule has 6 heteroatoms. The van der Waals surface area contributed by atoms with Crippen LogP contribution in [-0.2, 0) is 15.4 Å². The Hall–Kier alpha value is -2.18. The van der Waals surface area contributed by atoms with Crippen molar-refractivity contribution in [1.29, 1.82) is 0 Å². The molecule has 0 bridgehead atoms. The Kier molecular flexibility index (Phi) is 6.67. The molecule has 0 saturated heterocycles. The highest BCUT2D eigenvalue weighted by Gasteiger charge is 2.24. The summed E-state index contributed by atoms with van der Waals surface area (Å²) in [4.78, 5) is 13.1. The Bertz CT molecular complexity index is 956. The summed E-state index contributed by atoms with van der Waals surface area (Å²) in [5.74, 6) is -0.314. The summed E-state index contributed by atoms with van der Waals surface area (Å²) < 4.78 is 27.0. The molecule has 5 nitrogen and oxygen atoms in total. The van der Waals surface area contributed by atoms with Crippen LogP contribution in [0.2, 0.25) is 0 Å². The van der Waals surface area contributed by atoms with Crippen LogP contribution in [0.15, 0.2) is 47.4 Å². The molecule has 0 heterocycles. The summed E-state index contributed by atoms with van der Waals surface area (Å²) in [5, 5.41) is 2.96. The molecule has 2 aromatic rings. The van der Waals surface area contributed by atoms with Crippen LogP contribution in [0.4, 0.5) is 5.69 Å². The van der Waals surface area contributed by atoms with Gasteiger partial charge in [0.05, 0.1) is 4.90 Å². The third-order valence-electron chi connectivity index (χ3n) is 4.78. The van der Waals surface area contributed by atoms with E-state index in [-0.39, 0.29) is 16.2 Å². The quantitative estimate of drug-likeness (QED) is 0.769. The van der Waals surface area contributed by atoms with Crippen LogP contribution in [0.3, 0.4) is 0 Å². The Morgan fingerprint density at radius 1 is 1.04 bits per heavy atom. The minimum absolute atomic E-state index is 0.132. The van der Waals surface area contributed by atoms with E-state index >= 15 is 0 Å². The monoisotopic (exact) mass is 402 g/mol. The summed E-state index contributed by atoms with van der Waals surface area (Å²) in [6.45, 7) is 12.4. The summed E-state index contributed by atoms with van der Waals surface area (Å²) in [7, 11) is -3.62. The number of hydrogen-bond acceptors (Lipinski definition) is 3. The molecule has 1 amide bonds. The number of sulfonamides is 1. The summed E-state index contributed by atoms with van der Waals surface area (Å²) >= 11 is 0. The second-order valence-electron chi connectivity index (χ2n) is 7.82. The SMILES string of the molecule is CCN(CC)S(=O)(=O)c1ccc(C)c(C(=O)Nc2ccccc2C(C)(C)C)c1. The molecule has 0 saturated carbocycles. The van der Waals surface area contributed by atoms with Crippen LogP contribution in [0, 0.1) is 6.92 Å². The minimum atomic E-state index is -3.62. The van der Waals surface area contributed by atoms with Gasteiger partial charge in [-0.2, -0.15) is 4.31 Å². The van der Waals surface area contributed by atoms with Crippen LogP contribution in [0.1, 0.15) is 56.1 Å². The third-order valence-corrected chi connectivity index (χ3v) is 6.83. The second-order valence-corrected chi connectivity index (χ2v) is 9.75. The number of amides is 1. The summed E-state index contributed by atoms with van der Waals surface area (Å²) in [6.07, 6.45) is 0. The van der Waals surface area contributed by atoms with Gasteiger partial charge < -0.3 is 5.32 Å². The molecule has 0 aliphatic rings. The molecule has 2 rings (SSSR count). The molecule has 0 unspecified atom stereocenters.